The highest BCUT2D eigenvalue weighted by Gasteiger charge is 2.34. The number of aryl methyl sites for hydroxylation is 1. The maximum Gasteiger partial charge on any atom is 0.338 e. The van der Waals surface area contributed by atoms with Gasteiger partial charge in [-0.3, -0.25) is 9.36 Å². The van der Waals surface area contributed by atoms with Crippen molar-refractivity contribution < 1.29 is 19.0 Å². The zero-order valence-corrected chi connectivity index (χ0v) is 23.9. The SMILES string of the molecule is CCOC(=O)C1=C(C)N=c2s/c(=C\c3cc(C)n(-c4ccc(Cl)cc4)c3C)c(=O)n2[C@@H]1c1ccc2c(c1)OCO2. The van der Waals surface area contributed by atoms with Gasteiger partial charge < -0.3 is 18.8 Å². The monoisotopic (exact) mass is 575 g/mol. The first-order valence-corrected chi connectivity index (χ1v) is 14.0. The van der Waals surface area contributed by atoms with Crippen LogP contribution in [0.15, 0.2) is 69.6 Å². The summed E-state index contributed by atoms with van der Waals surface area (Å²) in [5.41, 5.74) is 5.21. The quantitative estimate of drug-likeness (QED) is 0.325. The molecule has 6 rings (SSSR count). The first-order chi connectivity index (χ1) is 19.3. The number of thiazole rings is 1. The molecule has 2 aliphatic heterocycles. The highest BCUT2D eigenvalue weighted by molar-refractivity contribution is 7.07. The van der Waals surface area contributed by atoms with Gasteiger partial charge in [0.05, 0.1) is 28.5 Å². The molecule has 0 unspecified atom stereocenters. The van der Waals surface area contributed by atoms with Crippen LogP contribution in [0.4, 0.5) is 0 Å². The number of esters is 1. The third-order valence-corrected chi connectivity index (χ3v) is 8.31. The summed E-state index contributed by atoms with van der Waals surface area (Å²) in [6.45, 7) is 7.88. The molecule has 4 heterocycles. The number of allylic oxidation sites excluding steroid dienone is 1. The second kappa shape index (κ2) is 10.1. The third-order valence-electron chi connectivity index (χ3n) is 7.07. The molecule has 4 aromatic rings. The lowest BCUT2D eigenvalue weighted by Gasteiger charge is -2.24. The maximum atomic E-state index is 14.0. The van der Waals surface area contributed by atoms with E-state index >= 15 is 0 Å². The molecule has 0 radical (unpaired) electrons. The molecule has 0 saturated heterocycles. The highest BCUT2D eigenvalue weighted by Crippen LogP contribution is 2.38. The number of halogens is 1. The van der Waals surface area contributed by atoms with Crippen molar-refractivity contribution in [3.63, 3.8) is 0 Å². The van der Waals surface area contributed by atoms with Crippen molar-refractivity contribution in [1.29, 1.82) is 0 Å². The first-order valence-electron chi connectivity index (χ1n) is 12.8. The fourth-order valence-corrected chi connectivity index (χ4v) is 6.42. The molecule has 2 aliphatic rings. The molecule has 0 aliphatic carbocycles. The maximum absolute atomic E-state index is 14.0. The molecule has 40 heavy (non-hydrogen) atoms. The predicted molar refractivity (Wildman–Crippen MR) is 153 cm³/mol. The Morgan fingerprint density at radius 2 is 1.88 bits per heavy atom. The molecule has 0 saturated carbocycles. The van der Waals surface area contributed by atoms with E-state index in [1.165, 1.54) is 11.3 Å². The van der Waals surface area contributed by atoms with Crippen LogP contribution in [0.2, 0.25) is 5.02 Å². The van der Waals surface area contributed by atoms with Gasteiger partial charge in [-0.15, -0.1) is 0 Å². The molecular formula is C30H26ClN3O5S. The topological polar surface area (TPSA) is 84.1 Å². The Labute approximate surface area is 239 Å². The van der Waals surface area contributed by atoms with E-state index in [0.717, 1.165) is 22.6 Å². The van der Waals surface area contributed by atoms with Gasteiger partial charge in [0.2, 0.25) is 6.79 Å². The summed E-state index contributed by atoms with van der Waals surface area (Å²) >= 11 is 7.39. The number of hydrogen-bond acceptors (Lipinski definition) is 7. The summed E-state index contributed by atoms with van der Waals surface area (Å²) in [5, 5.41) is 0.669. The number of hydrogen-bond donors (Lipinski definition) is 0. The fraction of sp³-hybridized carbons (Fsp3) is 0.233. The van der Waals surface area contributed by atoms with Crippen LogP contribution in [0.3, 0.4) is 0 Å². The van der Waals surface area contributed by atoms with Crippen LogP contribution in [-0.4, -0.2) is 28.5 Å². The minimum absolute atomic E-state index is 0.121. The summed E-state index contributed by atoms with van der Waals surface area (Å²) < 4.78 is 20.7. The van der Waals surface area contributed by atoms with Crippen molar-refractivity contribution in [1.82, 2.24) is 9.13 Å². The molecule has 0 N–H and O–H groups in total. The average molecular weight is 576 g/mol. The fourth-order valence-electron chi connectivity index (χ4n) is 5.25. The van der Waals surface area contributed by atoms with Crippen LogP contribution in [-0.2, 0) is 9.53 Å². The molecule has 0 spiro atoms. The smallest absolute Gasteiger partial charge is 0.338 e. The second-order valence-corrected chi connectivity index (χ2v) is 11.0. The van der Waals surface area contributed by atoms with Crippen molar-refractivity contribution in [2.75, 3.05) is 13.4 Å². The summed E-state index contributed by atoms with van der Waals surface area (Å²) in [6.07, 6.45) is 1.89. The molecule has 1 atom stereocenters. The summed E-state index contributed by atoms with van der Waals surface area (Å²) in [7, 11) is 0. The Balaban J connectivity index is 1.52. The molecule has 0 fully saturated rings. The number of aromatic nitrogens is 2. The molecular weight excluding hydrogens is 550 g/mol. The van der Waals surface area contributed by atoms with Gasteiger partial charge in [0.1, 0.15) is 0 Å². The lowest BCUT2D eigenvalue weighted by Crippen LogP contribution is -2.39. The van der Waals surface area contributed by atoms with Crippen LogP contribution in [0.5, 0.6) is 11.5 Å². The van der Waals surface area contributed by atoms with Crippen molar-refractivity contribution in [3.8, 4) is 17.2 Å². The molecule has 10 heteroatoms. The Kier molecular flexibility index (Phi) is 6.64. The van der Waals surface area contributed by atoms with Gasteiger partial charge in [0.25, 0.3) is 5.56 Å². The van der Waals surface area contributed by atoms with E-state index in [0.29, 0.717) is 42.7 Å². The van der Waals surface area contributed by atoms with Crippen molar-refractivity contribution in [2.24, 2.45) is 4.99 Å². The van der Waals surface area contributed by atoms with E-state index in [1.54, 1.807) is 24.5 Å². The average Bonchev–Trinajstić information content (AvgIpc) is 3.59. The van der Waals surface area contributed by atoms with Gasteiger partial charge >= 0.3 is 5.97 Å². The number of nitrogens with zero attached hydrogens (tertiary/aromatic N) is 3. The third kappa shape index (κ3) is 4.35. The van der Waals surface area contributed by atoms with Gasteiger partial charge in [-0.1, -0.05) is 29.0 Å². The Hall–Kier alpha value is -4.08. The Morgan fingerprint density at radius 1 is 1.12 bits per heavy atom. The lowest BCUT2D eigenvalue weighted by atomic mass is 9.95. The summed E-state index contributed by atoms with van der Waals surface area (Å²) in [6, 6.07) is 14.4. The Morgan fingerprint density at radius 3 is 2.62 bits per heavy atom. The first kappa shape index (κ1) is 26.2. The van der Waals surface area contributed by atoms with E-state index in [4.69, 9.17) is 25.8 Å². The van der Waals surface area contributed by atoms with Gasteiger partial charge in [-0.05, 0) is 87.4 Å². The molecule has 2 aromatic heterocycles. The minimum atomic E-state index is -0.728. The number of carbonyl (C=O) groups excluding carboxylic acids is 1. The largest absolute Gasteiger partial charge is 0.463 e. The standard InChI is InChI=1S/C30H26ClN3O5S/c1-5-37-29(36)26-17(3)32-30-34(27(26)19-6-11-23-24(13-19)39-15-38-23)28(35)25(40-30)14-20-12-16(2)33(18(20)4)22-9-7-21(31)8-10-22/h6-14,27H,5,15H2,1-4H3/b25-14-/t27-/m1/s1. The van der Waals surface area contributed by atoms with Crippen LogP contribution < -0.4 is 24.4 Å². The van der Waals surface area contributed by atoms with E-state index < -0.39 is 12.0 Å². The van der Waals surface area contributed by atoms with Crippen molar-refractivity contribution >= 4 is 35.0 Å². The second-order valence-electron chi connectivity index (χ2n) is 9.55. The predicted octanol–water partition coefficient (Wildman–Crippen LogP) is 4.59. The summed E-state index contributed by atoms with van der Waals surface area (Å²) in [5.74, 6) is 0.671. The van der Waals surface area contributed by atoms with Crippen LogP contribution in [0, 0.1) is 13.8 Å². The van der Waals surface area contributed by atoms with Gasteiger partial charge in [-0.2, -0.15) is 0 Å². The molecule has 204 valence electrons. The van der Waals surface area contributed by atoms with Crippen molar-refractivity contribution in [3.05, 3.63) is 107 Å². The number of rotatable bonds is 5. The van der Waals surface area contributed by atoms with E-state index in [-0.39, 0.29) is 19.0 Å². The Bertz CT molecular complexity index is 1880. The van der Waals surface area contributed by atoms with Crippen LogP contribution >= 0.6 is 22.9 Å². The van der Waals surface area contributed by atoms with Crippen LogP contribution in [0.1, 0.15) is 42.4 Å². The van der Waals surface area contributed by atoms with Gasteiger partial charge in [-0.25, -0.2) is 9.79 Å². The van der Waals surface area contributed by atoms with E-state index in [2.05, 4.69) is 9.56 Å². The zero-order valence-electron chi connectivity index (χ0n) is 22.4. The molecule has 0 bridgehead atoms. The highest BCUT2D eigenvalue weighted by atomic mass is 35.5. The number of fused-ring (bicyclic) bond motifs is 2. The lowest BCUT2D eigenvalue weighted by molar-refractivity contribution is -0.139. The van der Waals surface area contributed by atoms with Crippen LogP contribution in [0.25, 0.3) is 11.8 Å². The van der Waals surface area contributed by atoms with Gasteiger partial charge in [0, 0.05) is 22.1 Å². The molecule has 2 aromatic carbocycles. The van der Waals surface area contributed by atoms with E-state index in [9.17, 15) is 9.59 Å². The molecule has 0 amide bonds. The van der Waals surface area contributed by atoms with Crippen molar-refractivity contribution in [2.45, 2.75) is 33.7 Å². The van der Waals surface area contributed by atoms with Gasteiger partial charge in [0.15, 0.2) is 16.3 Å². The zero-order chi connectivity index (χ0) is 28.1. The number of ether oxygens (including phenoxy) is 3. The molecule has 8 nitrogen and oxygen atoms in total. The summed E-state index contributed by atoms with van der Waals surface area (Å²) in [4.78, 5) is 32.3. The number of carbonyl (C=O) groups is 1. The van der Waals surface area contributed by atoms with E-state index in [1.807, 2.05) is 62.4 Å². The minimum Gasteiger partial charge on any atom is -0.463 e. The normalized spacial score (nSPS) is 16.2. The number of benzene rings is 2.